The number of nitrogens with one attached hydrogen (secondary N) is 2. The number of likely N-dealkylation sites (tertiary alicyclic amines) is 1. The van der Waals surface area contributed by atoms with E-state index < -0.39 is 0 Å². The fourth-order valence-corrected chi connectivity index (χ4v) is 7.25. The summed E-state index contributed by atoms with van der Waals surface area (Å²) in [6.07, 6.45) is 3.02. The van der Waals surface area contributed by atoms with Gasteiger partial charge in [-0.1, -0.05) is 24.8 Å². The third kappa shape index (κ3) is 8.31. The topological polar surface area (TPSA) is 109 Å². The molecule has 0 aliphatic carbocycles. The maximum atomic E-state index is 14.0. The average molecular weight is 667 g/mol. The minimum absolute atomic E-state index is 0.0399. The van der Waals surface area contributed by atoms with Crippen LogP contribution in [0.2, 0.25) is 0 Å². The highest BCUT2D eigenvalue weighted by Gasteiger charge is 2.28. The van der Waals surface area contributed by atoms with E-state index in [0.717, 1.165) is 85.7 Å². The lowest BCUT2D eigenvalue weighted by molar-refractivity contribution is -0.130. The molecule has 5 rings (SSSR count). The summed E-state index contributed by atoms with van der Waals surface area (Å²) in [5.41, 5.74) is 7.54. The number of piperazine rings is 1. The zero-order valence-electron chi connectivity index (χ0n) is 29.6. The number of piperidine rings is 1. The molecule has 2 aromatic carbocycles. The van der Waals surface area contributed by atoms with Crippen LogP contribution in [0.5, 0.6) is 0 Å². The van der Waals surface area contributed by atoms with Gasteiger partial charge in [0.15, 0.2) is 0 Å². The first-order chi connectivity index (χ1) is 23.5. The van der Waals surface area contributed by atoms with Crippen LogP contribution in [0.25, 0.3) is 11.1 Å². The molecule has 3 amide bonds. The van der Waals surface area contributed by atoms with E-state index in [9.17, 15) is 19.2 Å². The normalized spacial score (nSPS) is 15.6. The van der Waals surface area contributed by atoms with Crippen LogP contribution >= 0.6 is 0 Å². The zero-order valence-corrected chi connectivity index (χ0v) is 29.6. The molecule has 0 radical (unpaired) electrons. The number of benzene rings is 2. The SMILES string of the molecule is C=CC(=O)N1CCC(N(CC)c2cc(-c3cccc(CN4CCN(C(C)=O)CC4)c3)cc(C(=O)NCc3c(C)cc(C)[nH]c3=O)c2C)CC1. The van der Waals surface area contributed by atoms with E-state index in [4.69, 9.17) is 0 Å². The Hall–Kier alpha value is -4.70. The van der Waals surface area contributed by atoms with Crippen molar-refractivity contribution in [1.82, 2.24) is 25.0 Å². The van der Waals surface area contributed by atoms with E-state index in [1.54, 1.807) is 6.92 Å². The van der Waals surface area contributed by atoms with Crippen molar-refractivity contribution in [2.45, 2.75) is 66.6 Å². The third-order valence-corrected chi connectivity index (χ3v) is 10.1. The van der Waals surface area contributed by atoms with Gasteiger partial charge in [0, 0.05) is 94.4 Å². The molecule has 3 heterocycles. The molecule has 1 aromatic heterocycles. The Bertz CT molecular complexity index is 1770. The summed E-state index contributed by atoms with van der Waals surface area (Å²) in [6.45, 7) is 19.2. The van der Waals surface area contributed by atoms with Gasteiger partial charge in [-0.25, -0.2) is 0 Å². The summed E-state index contributed by atoms with van der Waals surface area (Å²) in [5.74, 6) is -0.154. The van der Waals surface area contributed by atoms with Gasteiger partial charge in [-0.3, -0.25) is 24.1 Å². The van der Waals surface area contributed by atoms with Gasteiger partial charge in [0.2, 0.25) is 11.8 Å². The van der Waals surface area contributed by atoms with Crippen molar-refractivity contribution in [1.29, 1.82) is 0 Å². The molecular weight excluding hydrogens is 616 g/mol. The predicted molar refractivity (Wildman–Crippen MR) is 195 cm³/mol. The van der Waals surface area contributed by atoms with Crippen molar-refractivity contribution in [2.24, 2.45) is 0 Å². The monoisotopic (exact) mass is 666 g/mol. The molecule has 2 N–H and O–H groups in total. The fraction of sp³-hybridized carbons (Fsp3) is 0.436. The Labute approximate surface area is 289 Å². The Balaban J connectivity index is 1.46. The molecule has 0 spiro atoms. The number of carbonyl (C=O) groups is 3. The lowest BCUT2D eigenvalue weighted by atomic mass is 9.94. The van der Waals surface area contributed by atoms with Gasteiger partial charge in [0.25, 0.3) is 11.5 Å². The number of carbonyl (C=O) groups excluding carboxylic acids is 3. The number of hydrogen-bond donors (Lipinski definition) is 2. The van der Waals surface area contributed by atoms with Gasteiger partial charge in [-0.2, -0.15) is 0 Å². The molecule has 3 aromatic rings. The minimum atomic E-state index is -0.234. The fourth-order valence-electron chi connectivity index (χ4n) is 7.25. The van der Waals surface area contributed by atoms with Crippen LogP contribution in [0.4, 0.5) is 5.69 Å². The largest absolute Gasteiger partial charge is 0.368 e. The molecule has 0 bridgehead atoms. The van der Waals surface area contributed by atoms with E-state index >= 15 is 0 Å². The quantitative estimate of drug-likeness (QED) is 0.307. The van der Waals surface area contributed by atoms with Crippen LogP contribution in [0.15, 0.2) is 59.9 Å². The van der Waals surface area contributed by atoms with Gasteiger partial charge in [0.1, 0.15) is 0 Å². The first-order valence-corrected chi connectivity index (χ1v) is 17.4. The highest BCUT2D eigenvalue weighted by Crippen LogP contribution is 2.34. The summed E-state index contributed by atoms with van der Waals surface area (Å²) in [4.78, 5) is 62.1. The number of aryl methyl sites for hydroxylation is 2. The van der Waals surface area contributed by atoms with Crippen LogP contribution < -0.4 is 15.8 Å². The summed E-state index contributed by atoms with van der Waals surface area (Å²) in [6, 6.07) is 14.7. The van der Waals surface area contributed by atoms with Crippen LogP contribution in [-0.2, 0) is 22.7 Å². The molecule has 49 heavy (non-hydrogen) atoms. The van der Waals surface area contributed by atoms with E-state index in [1.807, 2.05) is 42.7 Å². The Morgan fingerprint density at radius 3 is 2.31 bits per heavy atom. The smallest absolute Gasteiger partial charge is 0.253 e. The third-order valence-electron chi connectivity index (χ3n) is 10.1. The molecule has 2 saturated heterocycles. The second kappa shape index (κ2) is 15.7. The molecule has 2 aliphatic heterocycles. The number of rotatable bonds is 10. The molecule has 260 valence electrons. The summed E-state index contributed by atoms with van der Waals surface area (Å²) < 4.78 is 0. The molecule has 0 atom stereocenters. The number of aromatic amines is 1. The number of anilines is 1. The van der Waals surface area contributed by atoms with Crippen molar-refractivity contribution < 1.29 is 14.4 Å². The van der Waals surface area contributed by atoms with E-state index in [0.29, 0.717) is 24.2 Å². The lowest BCUT2D eigenvalue weighted by Gasteiger charge is -2.40. The number of nitrogens with zero attached hydrogens (tertiary/aromatic N) is 4. The van der Waals surface area contributed by atoms with Crippen molar-refractivity contribution >= 4 is 23.4 Å². The Kier molecular flexibility index (Phi) is 11.4. The number of amides is 3. The predicted octanol–water partition coefficient (Wildman–Crippen LogP) is 4.56. The first-order valence-electron chi connectivity index (χ1n) is 17.4. The van der Waals surface area contributed by atoms with Gasteiger partial charge in [-0.05, 0) is 98.7 Å². The van der Waals surface area contributed by atoms with E-state index in [1.165, 1.54) is 11.6 Å². The maximum Gasteiger partial charge on any atom is 0.253 e. The molecule has 0 saturated carbocycles. The molecule has 10 nitrogen and oxygen atoms in total. The lowest BCUT2D eigenvalue weighted by Crippen LogP contribution is -2.47. The van der Waals surface area contributed by atoms with Crippen LogP contribution in [0.3, 0.4) is 0 Å². The van der Waals surface area contributed by atoms with Gasteiger partial charge in [-0.15, -0.1) is 0 Å². The molecule has 2 fully saturated rings. The van der Waals surface area contributed by atoms with Crippen molar-refractivity contribution in [3.05, 3.63) is 99.0 Å². The summed E-state index contributed by atoms with van der Waals surface area (Å²) >= 11 is 0. The standard InChI is InChI=1S/C39H50N6O4/c1-7-37(47)44-14-12-33(13-15-44)45(8-2)36-23-32(31-11-9-10-30(21-31)25-42-16-18-43(19-17-42)29(6)46)22-34(28(36)5)38(48)40-24-35-26(3)20-27(4)41-39(35)49/h7,9-11,20-23,33H,1,8,12-19,24-25H2,2-6H3,(H,40,48)(H,41,49). The van der Waals surface area contributed by atoms with Crippen LogP contribution in [-0.4, -0.2) is 89.3 Å². The summed E-state index contributed by atoms with van der Waals surface area (Å²) in [7, 11) is 0. The number of hydrogen-bond acceptors (Lipinski definition) is 6. The highest BCUT2D eigenvalue weighted by atomic mass is 16.2. The number of H-pyrrole nitrogens is 1. The molecule has 10 heteroatoms. The second-order valence-electron chi connectivity index (χ2n) is 13.3. The molecule has 0 unspecified atom stereocenters. The number of pyridine rings is 1. The molecule has 2 aliphatic rings. The van der Waals surface area contributed by atoms with Crippen molar-refractivity contribution in [3.63, 3.8) is 0 Å². The van der Waals surface area contributed by atoms with E-state index in [2.05, 4.69) is 63.9 Å². The second-order valence-corrected chi connectivity index (χ2v) is 13.3. The first kappa shape index (κ1) is 35.6. The summed E-state index contributed by atoms with van der Waals surface area (Å²) in [5, 5.41) is 3.04. The average Bonchev–Trinajstić information content (AvgIpc) is 3.09. The van der Waals surface area contributed by atoms with Crippen LogP contribution in [0.1, 0.15) is 65.0 Å². The Morgan fingerprint density at radius 1 is 0.959 bits per heavy atom. The number of aromatic nitrogens is 1. The van der Waals surface area contributed by atoms with Crippen molar-refractivity contribution in [3.8, 4) is 11.1 Å². The molecular formula is C39H50N6O4. The van der Waals surface area contributed by atoms with Crippen LogP contribution in [0, 0.1) is 20.8 Å². The Morgan fingerprint density at radius 2 is 1.67 bits per heavy atom. The van der Waals surface area contributed by atoms with E-state index in [-0.39, 0.29) is 35.9 Å². The van der Waals surface area contributed by atoms with Gasteiger partial charge >= 0.3 is 0 Å². The van der Waals surface area contributed by atoms with Gasteiger partial charge < -0.3 is 25.0 Å². The van der Waals surface area contributed by atoms with Gasteiger partial charge in [0.05, 0.1) is 0 Å². The maximum absolute atomic E-state index is 14.0. The van der Waals surface area contributed by atoms with Crippen molar-refractivity contribution in [2.75, 3.05) is 50.7 Å². The minimum Gasteiger partial charge on any atom is -0.368 e. The highest BCUT2D eigenvalue weighted by molar-refractivity contribution is 5.99. The zero-order chi connectivity index (χ0) is 35.2.